The van der Waals surface area contributed by atoms with Crippen molar-refractivity contribution in [3.8, 4) is 90.3 Å². The van der Waals surface area contributed by atoms with Crippen molar-refractivity contribution in [1.82, 2.24) is 41.2 Å². The van der Waals surface area contributed by atoms with Crippen LogP contribution in [0.15, 0.2) is 165 Å². The van der Waals surface area contributed by atoms with Crippen molar-refractivity contribution in [2.24, 2.45) is 0 Å². The van der Waals surface area contributed by atoms with Gasteiger partial charge in [0.15, 0.2) is 34.4 Å². The smallest absolute Gasteiger partial charge is 0.450 e. The highest BCUT2D eigenvalue weighted by molar-refractivity contribution is 7.54. The van der Waals surface area contributed by atoms with E-state index in [1.807, 2.05) is 95.3 Å². The Morgan fingerprint density at radius 1 is 0.444 bits per heavy atom. The van der Waals surface area contributed by atoms with E-state index in [2.05, 4.69) is 175 Å². The standard InChI is InChI=1S/C41H45N3O4.C27H33N3O4.C27H32N2O2.BCl3/c1-5-20-44-21-19-31-22-32(17-18-33(31)25-44)38-39(41(45)42-6-2)43-48-40(38)35-23-34(28(3)4)36(46-26-29-13-9-7-10-14-29)24-37(35)47-27-30-15-11-8-12-16-30;1-5-10-30-11-9-17-12-18(7-8-19(17)15-30)24-25(27(33)28-6-2)29-34-26(24)21-13-20(16(3)4)22(31)14-23(21)32;1-6-28-27(30)25-24(21-12-11-19-9-7-8-10-20(19)14-21)26(31-29-25)23-15-22(16(2)3)17(4)13-18(23)5;2-1(3)4/h7-18,22-24,28H,5-6,19-21,25-27H2,1-4H3,(H,42,45);7-8,12-14,16,31-32H,5-6,9-11,15H2,1-4H3,(H,28,33);11-16H,6-10H2,1-5H3,(H,28,30);. The van der Waals surface area contributed by atoms with Crippen molar-refractivity contribution in [2.45, 2.75) is 185 Å². The summed E-state index contributed by atoms with van der Waals surface area (Å²) >= 11 is 14.4. The van der Waals surface area contributed by atoms with E-state index < -0.39 is 4.96 Å². The lowest BCUT2D eigenvalue weighted by Gasteiger charge is -2.28. The van der Waals surface area contributed by atoms with Gasteiger partial charge in [-0.2, -0.15) is 34.4 Å². The van der Waals surface area contributed by atoms with Crippen molar-refractivity contribution in [3.63, 3.8) is 0 Å². The highest BCUT2D eigenvalue weighted by atomic mass is 35.6. The lowest BCUT2D eigenvalue weighted by atomic mass is 9.87. The molecule has 22 heteroatoms. The Balaban J connectivity index is 0.000000173. The summed E-state index contributed by atoms with van der Waals surface area (Å²) < 4.78 is 30.8. The SMILES string of the molecule is CCCN1CCc2cc(-c3c(C(=O)NCC)noc3-c3cc(C(C)C)c(O)cc3O)ccc2C1.CCCN1CCc2cc(-c3c(C(=O)NCC)noc3-c3cc(C(C)C)c(OCc4ccccc4)cc3OCc3ccccc3)ccc2C1.CCNC(=O)c1noc(-c2cc(C(C)C)c(C)cc2C)c1-c1ccc2c(c1)CCCC2.ClB(Cl)Cl. The van der Waals surface area contributed by atoms with E-state index in [9.17, 15) is 24.6 Å². The van der Waals surface area contributed by atoms with Gasteiger partial charge in [0.2, 0.25) is 0 Å². The molecule has 0 bridgehead atoms. The predicted octanol–water partition coefficient (Wildman–Crippen LogP) is 21.9. The fourth-order valence-corrected chi connectivity index (χ4v) is 15.8. The van der Waals surface area contributed by atoms with Crippen LogP contribution in [0, 0.1) is 13.8 Å². The number of amides is 3. The van der Waals surface area contributed by atoms with Crippen molar-refractivity contribution >= 4 is 57.1 Å². The van der Waals surface area contributed by atoms with E-state index in [4.69, 9.17) is 57.4 Å². The van der Waals surface area contributed by atoms with Gasteiger partial charge in [0.1, 0.15) is 36.2 Å². The van der Waals surface area contributed by atoms with Gasteiger partial charge in [-0.3, -0.25) is 24.2 Å². The largest absolute Gasteiger partial charge is 0.508 e. The first-order chi connectivity index (χ1) is 56.4. The van der Waals surface area contributed by atoms with Crippen molar-refractivity contribution < 1.29 is 47.6 Å². The maximum absolute atomic E-state index is 13.4. The summed E-state index contributed by atoms with van der Waals surface area (Å²) in [6, 6.07) is 51.0. The second-order valence-corrected chi connectivity index (χ2v) is 33.1. The van der Waals surface area contributed by atoms with Gasteiger partial charge in [-0.25, -0.2) is 0 Å². The third-order valence-electron chi connectivity index (χ3n) is 21.6. The molecule has 0 saturated carbocycles. The summed E-state index contributed by atoms with van der Waals surface area (Å²) in [4.78, 5) is 43.4. The maximum atomic E-state index is 13.4. The quantitative estimate of drug-likeness (QED) is 0.0335. The number of aromatic hydroxyl groups is 2. The van der Waals surface area contributed by atoms with Crippen molar-refractivity contribution in [3.05, 3.63) is 241 Å². The molecule has 0 atom stereocenters. The number of halogens is 3. The van der Waals surface area contributed by atoms with Crippen LogP contribution in [0.4, 0.5) is 0 Å². The first-order valence-electron chi connectivity index (χ1n) is 41.2. The molecule has 0 unspecified atom stereocenters. The topological polar surface area (TPSA) is 231 Å². The lowest BCUT2D eigenvalue weighted by molar-refractivity contribution is 0.0939. The summed E-state index contributed by atoms with van der Waals surface area (Å²) in [7, 11) is 0. The molecule has 0 saturated heterocycles. The van der Waals surface area contributed by atoms with Crippen LogP contribution in [0.1, 0.15) is 223 Å². The number of hydrogen-bond acceptors (Lipinski definition) is 15. The van der Waals surface area contributed by atoms with Gasteiger partial charge in [-0.05, 0) is 224 Å². The predicted molar refractivity (Wildman–Crippen MR) is 471 cm³/mol. The second-order valence-electron chi connectivity index (χ2n) is 31.1. The van der Waals surface area contributed by atoms with Crippen LogP contribution >= 0.6 is 34.4 Å². The third-order valence-corrected chi connectivity index (χ3v) is 21.6. The minimum Gasteiger partial charge on any atom is -0.508 e. The number of hydrogen-bond donors (Lipinski definition) is 5. The number of carbonyl (C=O) groups is 3. The van der Waals surface area contributed by atoms with Crippen LogP contribution in [0.3, 0.4) is 0 Å². The minimum absolute atomic E-state index is 0.0201. The zero-order chi connectivity index (χ0) is 83.6. The number of ether oxygens (including phenoxy) is 2. The molecule has 3 aliphatic rings. The molecule has 8 aromatic carbocycles. The molecule has 3 amide bonds. The van der Waals surface area contributed by atoms with Gasteiger partial charge in [-0.15, -0.1) is 0 Å². The number of nitrogens with one attached hydrogen (secondary N) is 3. The first kappa shape index (κ1) is 87.7. The average molecular weight is 1640 g/mol. The van der Waals surface area contributed by atoms with Gasteiger partial charge in [0, 0.05) is 63.5 Å². The molecule has 3 aromatic heterocycles. The van der Waals surface area contributed by atoms with E-state index in [1.165, 1.54) is 63.4 Å². The second kappa shape index (κ2) is 41.3. The average Bonchev–Trinajstić information content (AvgIpc) is 1.68. The number of phenols is 2. The Labute approximate surface area is 704 Å². The zero-order valence-electron chi connectivity index (χ0n) is 69.7. The minimum atomic E-state index is -0.750. The molecule has 0 fully saturated rings. The van der Waals surface area contributed by atoms with Crippen LogP contribution < -0.4 is 25.4 Å². The van der Waals surface area contributed by atoms with Crippen LogP contribution in [-0.4, -0.2) is 104 Å². The van der Waals surface area contributed by atoms with Crippen LogP contribution in [0.2, 0.25) is 0 Å². The molecule has 1 aliphatic carbocycles. The van der Waals surface area contributed by atoms with E-state index in [1.54, 1.807) is 6.07 Å². The number of aryl methyl sites for hydroxylation is 4. The van der Waals surface area contributed by atoms with Crippen LogP contribution in [0.25, 0.3) is 67.4 Å². The van der Waals surface area contributed by atoms with E-state index >= 15 is 0 Å². The molecule has 14 rings (SSSR count). The van der Waals surface area contributed by atoms with Gasteiger partial charge in [0.05, 0.1) is 27.8 Å². The molecule has 0 radical (unpaired) electrons. The molecular weight excluding hydrogens is 1530 g/mol. The first-order valence-corrected chi connectivity index (χ1v) is 42.5. The highest BCUT2D eigenvalue weighted by Crippen LogP contribution is 2.48. The highest BCUT2D eigenvalue weighted by Gasteiger charge is 2.33. The molecule has 18 nitrogen and oxygen atoms in total. The molecule has 11 aromatic rings. The van der Waals surface area contributed by atoms with E-state index in [-0.39, 0.29) is 52.4 Å². The lowest BCUT2D eigenvalue weighted by Crippen LogP contribution is -2.31. The normalized spacial score (nSPS) is 13.1. The molecule has 5 heterocycles. The molecule has 5 N–H and O–H groups in total. The summed E-state index contributed by atoms with van der Waals surface area (Å²) in [5.74, 6) is 2.49. The number of carbonyl (C=O) groups excluding carboxylic acids is 3. The molecular formula is C95H110BCl3N8O10. The van der Waals surface area contributed by atoms with Gasteiger partial charge >= 0.3 is 4.96 Å². The van der Waals surface area contributed by atoms with Crippen molar-refractivity contribution in [2.75, 3.05) is 45.8 Å². The Hall–Kier alpha value is -10.1. The Morgan fingerprint density at radius 3 is 1.27 bits per heavy atom. The van der Waals surface area contributed by atoms with Crippen molar-refractivity contribution in [1.29, 1.82) is 0 Å². The van der Waals surface area contributed by atoms with E-state index in [0.717, 1.165) is 139 Å². The van der Waals surface area contributed by atoms with E-state index in [0.29, 0.717) is 89.7 Å². The summed E-state index contributed by atoms with van der Waals surface area (Å²) in [6.07, 6.45) is 8.82. The van der Waals surface area contributed by atoms with Gasteiger partial charge < -0.3 is 49.2 Å². The number of phenolic OH excluding ortho intramolecular Hbond substituents is 2. The fraction of sp³-hybridized carbons (Fsp3) is 0.368. The number of nitrogens with zero attached hydrogens (tertiary/aromatic N) is 5. The molecule has 117 heavy (non-hydrogen) atoms. The van der Waals surface area contributed by atoms with Gasteiger partial charge in [0.25, 0.3) is 17.7 Å². The molecule has 614 valence electrons. The number of rotatable bonds is 25. The maximum Gasteiger partial charge on any atom is 0.450 e. The number of benzene rings is 8. The molecule has 0 spiro atoms. The molecule has 2 aliphatic heterocycles. The number of fused-ring (bicyclic) bond motifs is 3. The van der Waals surface area contributed by atoms with Crippen LogP contribution in [-0.2, 0) is 52.0 Å². The summed E-state index contributed by atoms with van der Waals surface area (Å²) in [5, 5.41) is 42.4. The fourth-order valence-electron chi connectivity index (χ4n) is 15.8. The summed E-state index contributed by atoms with van der Waals surface area (Å²) in [6.45, 7) is 35.2. The van der Waals surface area contributed by atoms with Gasteiger partial charge in [-0.1, -0.05) is 192 Å². The third kappa shape index (κ3) is 21.6. The Bertz CT molecular complexity index is 5230. The number of aromatic nitrogens is 3. The van der Waals surface area contributed by atoms with Crippen LogP contribution in [0.5, 0.6) is 23.0 Å². The monoisotopic (exact) mass is 1640 g/mol. The Morgan fingerprint density at radius 2 is 0.838 bits per heavy atom. The zero-order valence-corrected chi connectivity index (χ0v) is 72.0. The Kier molecular flexibility index (Phi) is 31.0. The summed E-state index contributed by atoms with van der Waals surface area (Å²) in [5.41, 5.74) is 23.1.